The van der Waals surface area contributed by atoms with Gasteiger partial charge in [0.2, 0.25) is 94.5 Å². The standard InChI is InChI=1S/C65H96N20O19S2/c1-5-30(2)49-59(99)78-41-28-105-106-29-42(79-60(100)50(31(3)87)80-48(91)26-72-52(92)37(23-46(66)89)74-57(97)43-15-9-19-83(43)63(103)39(24-47(67)90)76-55(41)95)56(96)82-51(32(4)88)61(101)73-36(14-8-18-70-65(68)69)53(93)77-40(27-86)54(94)75-38(22-33-25-71-35-13-7-6-12-34(33)35)62(102)85-21-11-17-45(85)64(104)84-20-10-16-44(84)58(98)81-49/h6-7,12-13,25,30-32,36-45,49-51,71,86-88H,5,8-11,14-24,26-29H2,1-4H3,(H2,66,89)(H2,67,90)(H,72,92)(H,73,101)(H,74,97)(H,75,94)(H,76,95)(H,77,93)(H,78,99)(H,79,100)(H,80,91)(H,81,98)(H,82,96)(H4,68,69,70)/t30-,31+,32+,36-,37-,38-,39-,40-,41-,42-,43-,44-,45-,49-,50-,51-/m0/s1. The molecule has 5 aliphatic rings. The number of aromatic nitrogens is 1. The molecule has 106 heavy (non-hydrogen) atoms. The fourth-order valence-electron chi connectivity index (χ4n) is 13.0. The van der Waals surface area contributed by atoms with Crippen LogP contribution < -0.4 is 81.4 Å². The number of H-pyrrole nitrogens is 1. The van der Waals surface area contributed by atoms with E-state index < -0.39 is 229 Å². The number of aromatic amines is 1. The highest BCUT2D eigenvalue weighted by Gasteiger charge is 2.47. The van der Waals surface area contributed by atoms with Crippen LogP contribution in [0.5, 0.6) is 0 Å². The molecule has 23 N–H and O–H groups in total. The maximum atomic E-state index is 15.2. The second-order valence-electron chi connectivity index (χ2n) is 26.7. The van der Waals surface area contributed by atoms with Crippen LogP contribution in [0.15, 0.2) is 35.5 Å². The van der Waals surface area contributed by atoms with E-state index >= 15 is 14.4 Å². The van der Waals surface area contributed by atoms with Gasteiger partial charge in [-0.25, -0.2) is 0 Å². The number of hydrogen-bond donors (Lipinski definition) is 19. The Bertz CT molecular complexity index is 3650. The predicted molar refractivity (Wildman–Crippen MR) is 381 cm³/mol. The number of benzene rings is 1. The number of aliphatic hydroxyl groups excluding tert-OH is 3. The maximum absolute atomic E-state index is 15.2. The zero-order valence-electron chi connectivity index (χ0n) is 59.1. The van der Waals surface area contributed by atoms with E-state index in [4.69, 9.17) is 22.9 Å². The van der Waals surface area contributed by atoms with Crippen LogP contribution in [-0.2, 0) is 83.1 Å². The van der Waals surface area contributed by atoms with Crippen LogP contribution in [0.25, 0.3) is 10.9 Å². The fraction of sp³-hybridized carbons (Fsp3) is 0.615. The largest absolute Gasteiger partial charge is 0.394 e. The molecule has 5 saturated heterocycles. The van der Waals surface area contributed by atoms with Crippen molar-refractivity contribution in [1.82, 2.24) is 78.2 Å². The molecule has 0 aliphatic carbocycles. The van der Waals surface area contributed by atoms with Crippen LogP contribution in [0.1, 0.15) is 104 Å². The minimum Gasteiger partial charge on any atom is -0.394 e. The Kier molecular flexibility index (Phi) is 30.6. The van der Waals surface area contributed by atoms with Gasteiger partial charge in [-0.2, -0.15) is 0 Å². The lowest BCUT2D eigenvalue weighted by molar-refractivity contribution is -0.148. The number of carbonyl (C=O) groups excluding carboxylic acids is 16. The third kappa shape index (κ3) is 22.3. The van der Waals surface area contributed by atoms with Crippen LogP contribution in [0.4, 0.5) is 0 Å². The topological polar surface area (TPSA) is 608 Å². The smallest absolute Gasteiger partial charge is 0.246 e. The van der Waals surface area contributed by atoms with E-state index in [1.54, 1.807) is 44.3 Å². The molecule has 39 nitrogen and oxygen atoms in total. The number of hydrogen-bond acceptors (Lipinski definition) is 22. The number of nitrogens with two attached hydrogens (primary N) is 4. The monoisotopic (exact) mass is 1520 g/mol. The molecule has 2 aromatic rings. The zero-order valence-corrected chi connectivity index (χ0v) is 60.7. The van der Waals surface area contributed by atoms with E-state index in [9.17, 15) is 77.6 Å². The van der Waals surface area contributed by atoms with Crippen LogP contribution in [0.2, 0.25) is 0 Å². The van der Waals surface area contributed by atoms with Crippen molar-refractivity contribution in [1.29, 1.82) is 0 Å². The molecule has 6 heterocycles. The fourth-order valence-corrected chi connectivity index (χ4v) is 15.3. The third-order valence-corrected chi connectivity index (χ3v) is 21.3. The van der Waals surface area contributed by atoms with E-state index in [1.807, 2.05) is 0 Å². The van der Waals surface area contributed by atoms with Crippen molar-refractivity contribution in [2.75, 3.05) is 50.8 Å². The van der Waals surface area contributed by atoms with Gasteiger partial charge in [-0.15, -0.1) is 0 Å². The molecule has 2 bridgehead atoms. The molecule has 0 saturated carbocycles. The highest BCUT2D eigenvalue weighted by atomic mass is 33.1. The summed E-state index contributed by atoms with van der Waals surface area (Å²) in [5.41, 5.74) is 23.5. The number of nitrogens with zero attached hydrogens (tertiary/aromatic N) is 4. The second kappa shape index (κ2) is 38.9. The van der Waals surface area contributed by atoms with Gasteiger partial charge >= 0.3 is 0 Å². The van der Waals surface area contributed by atoms with Crippen molar-refractivity contribution in [2.24, 2.45) is 33.8 Å². The number of rotatable bonds is 15. The molecule has 5 aliphatic heterocycles. The number of aliphatic imine (C=N–C) groups is 1. The summed E-state index contributed by atoms with van der Waals surface area (Å²) in [7, 11) is 1.47. The normalized spacial score (nSPS) is 28.4. The summed E-state index contributed by atoms with van der Waals surface area (Å²) >= 11 is 0. The molecule has 16 amide bonds. The molecule has 7 rings (SSSR count). The molecule has 41 heteroatoms. The number of carbonyl (C=O) groups is 16. The summed E-state index contributed by atoms with van der Waals surface area (Å²) in [4.78, 5) is 240. The summed E-state index contributed by atoms with van der Waals surface area (Å²) in [6.07, 6.45) is -3.26. The SMILES string of the molecule is CC[C@H](C)[C@@H]1NC(=O)[C@@H]2CCCN2C(=O)[C@@H]2CCCN2C(=O)[C@H](Cc2c[nH]c3ccccc23)NC(=O)[C@H](CO)NC(=O)[C@H](CCCN=C(N)N)NC(=O)[C@H]([C@@H](C)O)NC(=O)[C@@H]2CSSC[C@H](NC1=O)C(=O)N[C@@H](CC(N)=O)C(=O)N1CCC[C@H]1C(=O)N[C@@H](CC(N)=O)C(=O)NCC(=O)N[C@@H]([C@@H](C)O)C(=O)N2. The summed E-state index contributed by atoms with van der Waals surface area (Å²) in [5.74, 6) is -19.2. The average Bonchev–Trinajstić information content (AvgIpc) is 1.61. The number of nitrogens with one attached hydrogen (secondary N) is 12. The minimum absolute atomic E-state index is 0.00435. The molecule has 0 radical (unpaired) electrons. The van der Waals surface area contributed by atoms with E-state index in [0.29, 0.717) is 29.3 Å². The first-order chi connectivity index (χ1) is 50.3. The van der Waals surface area contributed by atoms with Gasteiger partial charge in [-0.05, 0) is 82.8 Å². The molecular weight excluding hydrogens is 1430 g/mol. The molecule has 1 aromatic heterocycles. The summed E-state index contributed by atoms with van der Waals surface area (Å²) in [5, 5.41) is 60.6. The second-order valence-corrected chi connectivity index (χ2v) is 29.3. The molecule has 0 spiro atoms. The Morgan fingerprint density at radius 3 is 1.59 bits per heavy atom. The van der Waals surface area contributed by atoms with Gasteiger partial charge in [0.15, 0.2) is 5.96 Å². The highest BCUT2D eigenvalue weighted by molar-refractivity contribution is 8.76. The van der Waals surface area contributed by atoms with Crippen molar-refractivity contribution in [3.63, 3.8) is 0 Å². The average molecular weight is 1530 g/mol. The van der Waals surface area contributed by atoms with Crippen LogP contribution in [-0.4, -0.2) is 277 Å². The molecule has 582 valence electrons. The van der Waals surface area contributed by atoms with E-state index in [1.165, 1.54) is 9.80 Å². The Morgan fingerprint density at radius 1 is 0.538 bits per heavy atom. The number of amides is 16. The predicted octanol–water partition coefficient (Wildman–Crippen LogP) is -8.34. The first-order valence-electron chi connectivity index (χ1n) is 34.9. The summed E-state index contributed by atoms with van der Waals surface area (Å²) in [6, 6.07) is -14.7. The first-order valence-corrected chi connectivity index (χ1v) is 37.4. The van der Waals surface area contributed by atoms with Crippen molar-refractivity contribution >= 4 is 133 Å². The minimum atomic E-state index is -2.04. The number of guanidine groups is 1. The van der Waals surface area contributed by atoms with Gasteiger partial charge < -0.3 is 116 Å². The molecular formula is C65H96N20O19S2. The van der Waals surface area contributed by atoms with Crippen molar-refractivity contribution in [3.05, 3.63) is 36.0 Å². The van der Waals surface area contributed by atoms with E-state index in [0.717, 1.165) is 40.3 Å². The van der Waals surface area contributed by atoms with Gasteiger partial charge in [-0.1, -0.05) is 60.1 Å². The zero-order chi connectivity index (χ0) is 77.8. The Morgan fingerprint density at radius 2 is 1.01 bits per heavy atom. The number of aliphatic hydroxyl groups is 3. The molecule has 1 aromatic carbocycles. The summed E-state index contributed by atoms with van der Waals surface area (Å²) in [6.45, 7) is 3.11. The van der Waals surface area contributed by atoms with Crippen LogP contribution in [0, 0.1) is 5.92 Å². The van der Waals surface area contributed by atoms with Crippen LogP contribution in [0.3, 0.4) is 0 Å². The van der Waals surface area contributed by atoms with Gasteiger partial charge in [0.25, 0.3) is 0 Å². The Balaban J connectivity index is 1.33. The lowest BCUT2D eigenvalue weighted by Gasteiger charge is -2.34. The van der Waals surface area contributed by atoms with E-state index in [2.05, 4.69) is 68.5 Å². The van der Waals surface area contributed by atoms with Crippen molar-refractivity contribution < 1.29 is 92.0 Å². The maximum Gasteiger partial charge on any atom is 0.246 e. The lowest BCUT2D eigenvalue weighted by Crippen LogP contribution is -2.63. The van der Waals surface area contributed by atoms with Gasteiger partial charge in [0.1, 0.15) is 78.5 Å². The number of para-hydroxylation sites is 1. The summed E-state index contributed by atoms with van der Waals surface area (Å²) < 4.78 is 0. The lowest BCUT2D eigenvalue weighted by atomic mass is 9.97. The molecule has 5 fully saturated rings. The first kappa shape index (κ1) is 83.4. The van der Waals surface area contributed by atoms with Gasteiger partial charge in [0.05, 0.1) is 38.2 Å². The van der Waals surface area contributed by atoms with Crippen molar-refractivity contribution in [2.45, 2.75) is 195 Å². The van der Waals surface area contributed by atoms with Gasteiger partial charge in [-0.3, -0.25) is 81.7 Å². The Hall–Kier alpha value is -9.87. The van der Waals surface area contributed by atoms with Crippen LogP contribution >= 0.6 is 21.6 Å². The Labute approximate surface area is 616 Å². The molecule has 16 atom stereocenters. The number of fused-ring (bicyclic) bond motifs is 9. The number of primary amides is 2. The highest BCUT2D eigenvalue weighted by Crippen LogP contribution is 2.29. The van der Waals surface area contributed by atoms with E-state index in [-0.39, 0.29) is 83.5 Å². The van der Waals surface area contributed by atoms with Gasteiger partial charge in [0, 0.05) is 61.2 Å². The molecule has 0 unspecified atom stereocenters. The quantitative estimate of drug-likeness (QED) is 0.0341. The third-order valence-electron chi connectivity index (χ3n) is 18.8. The van der Waals surface area contributed by atoms with Crippen molar-refractivity contribution in [3.8, 4) is 0 Å².